The van der Waals surface area contributed by atoms with Gasteiger partial charge in [-0.2, -0.15) is 0 Å². The summed E-state index contributed by atoms with van der Waals surface area (Å²) in [7, 11) is -3.05. The number of aryl methyl sites for hydroxylation is 2. The monoisotopic (exact) mass is 411 g/mol. The van der Waals surface area contributed by atoms with Gasteiger partial charge in [-0.05, 0) is 37.8 Å². The molecular formula is C17H21N3O3S3. The summed E-state index contributed by atoms with van der Waals surface area (Å²) >= 11 is 2.94. The number of aromatic nitrogens is 2. The Bertz CT molecular complexity index is 862. The average molecular weight is 412 g/mol. The van der Waals surface area contributed by atoms with E-state index in [2.05, 4.69) is 9.97 Å². The van der Waals surface area contributed by atoms with Crippen LogP contribution in [0.2, 0.25) is 0 Å². The summed E-state index contributed by atoms with van der Waals surface area (Å²) < 4.78 is 23.7. The number of amides is 1. The molecule has 0 saturated carbocycles. The van der Waals surface area contributed by atoms with Gasteiger partial charge in [-0.3, -0.25) is 4.79 Å². The molecule has 9 heteroatoms. The van der Waals surface area contributed by atoms with Gasteiger partial charge in [0.25, 0.3) is 0 Å². The molecule has 2 aromatic rings. The Hall–Kier alpha value is -1.45. The third-order valence-electron chi connectivity index (χ3n) is 4.16. The lowest BCUT2D eigenvalue weighted by Crippen LogP contribution is -2.41. The maximum atomic E-state index is 12.9. The zero-order chi connectivity index (χ0) is 18.7. The van der Waals surface area contributed by atoms with Crippen molar-refractivity contribution in [3.05, 3.63) is 40.0 Å². The summed E-state index contributed by atoms with van der Waals surface area (Å²) in [6, 6.07) is 5.52. The number of thiophene rings is 1. The number of rotatable bonds is 6. The molecule has 1 fully saturated rings. The van der Waals surface area contributed by atoms with E-state index in [-0.39, 0.29) is 29.2 Å². The molecule has 0 aliphatic carbocycles. The van der Waals surface area contributed by atoms with E-state index in [0.29, 0.717) is 18.8 Å². The second-order valence-electron chi connectivity index (χ2n) is 6.34. The van der Waals surface area contributed by atoms with E-state index in [0.717, 1.165) is 15.6 Å². The van der Waals surface area contributed by atoms with Crippen molar-refractivity contribution in [2.75, 3.05) is 17.3 Å². The molecule has 0 spiro atoms. The lowest BCUT2D eigenvalue weighted by Gasteiger charge is -2.27. The van der Waals surface area contributed by atoms with Gasteiger partial charge in [-0.1, -0.05) is 17.8 Å². The molecule has 1 unspecified atom stereocenters. The Balaban J connectivity index is 1.71. The van der Waals surface area contributed by atoms with Crippen molar-refractivity contribution in [1.82, 2.24) is 14.9 Å². The average Bonchev–Trinajstić information content (AvgIpc) is 3.18. The van der Waals surface area contributed by atoms with Crippen LogP contribution in [0.1, 0.15) is 22.8 Å². The Morgan fingerprint density at radius 2 is 2.19 bits per heavy atom. The molecule has 1 aliphatic rings. The fourth-order valence-electron chi connectivity index (χ4n) is 2.99. The molecule has 0 radical (unpaired) electrons. The molecule has 2 aromatic heterocycles. The molecule has 3 heterocycles. The number of hydrogen-bond donors (Lipinski definition) is 0. The maximum absolute atomic E-state index is 12.9. The molecule has 0 N–H and O–H groups in total. The van der Waals surface area contributed by atoms with Crippen molar-refractivity contribution < 1.29 is 13.2 Å². The molecule has 1 aliphatic heterocycles. The first-order chi connectivity index (χ1) is 12.3. The van der Waals surface area contributed by atoms with Crippen molar-refractivity contribution in [2.45, 2.75) is 37.9 Å². The van der Waals surface area contributed by atoms with Crippen LogP contribution in [-0.2, 0) is 21.2 Å². The highest BCUT2D eigenvalue weighted by molar-refractivity contribution is 7.99. The normalized spacial score (nSPS) is 18.8. The van der Waals surface area contributed by atoms with Gasteiger partial charge in [0.1, 0.15) is 10.9 Å². The summed E-state index contributed by atoms with van der Waals surface area (Å²) in [6.45, 7) is 4.18. The summed E-state index contributed by atoms with van der Waals surface area (Å²) in [5, 5.41) is 2.73. The summed E-state index contributed by atoms with van der Waals surface area (Å²) in [5.74, 6) is 1.07. The van der Waals surface area contributed by atoms with E-state index in [1.54, 1.807) is 16.2 Å². The van der Waals surface area contributed by atoms with Crippen LogP contribution in [0.25, 0.3) is 0 Å². The highest BCUT2D eigenvalue weighted by atomic mass is 32.2. The van der Waals surface area contributed by atoms with E-state index in [1.807, 2.05) is 37.4 Å². The molecule has 1 atom stereocenters. The van der Waals surface area contributed by atoms with Gasteiger partial charge in [-0.25, -0.2) is 18.4 Å². The first-order valence-electron chi connectivity index (χ1n) is 8.30. The second-order valence-corrected chi connectivity index (χ2v) is 10.6. The van der Waals surface area contributed by atoms with E-state index < -0.39 is 9.84 Å². The lowest BCUT2D eigenvalue weighted by atomic mass is 10.2. The predicted molar refractivity (Wildman–Crippen MR) is 104 cm³/mol. The molecule has 26 heavy (non-hydrogen) atoms. The van der Waals surface area contributed by atoms with Crippen LogP contribution in [0.3, 0.4) is 0 Å². The zero-order valence-corrected chi connectivity index (χ0v) is 17.2. The Morgan fingerprint density at radius 1 is 1.38 bits per heavy atom. The molecule has 1 amide bonds. The third-order valence-corrected chi connectivity index (χ3v) is 7.67. The molecule has 0 bridgehead atoms. The number of carbonyl (C=O) groups excluding carboxylic acids is 1. The van der Waals surface area contributed by atoms with Crippen LogP contribution in [0, 0.1) is 13.8 Å². The topological polar surface area (TPSA) is 80.2 Å². The van der Waals surface area contributed by atoms with Crippen LogP contribution in [-0.4, -0.2) is 52.5 Å². The highest BCUT2D eigenvalue weighted by Gasteiger charge is 2.34. The zero-order valence-electron chi connectivity index (χ0n) is 14.7. The molecule has 6 nitrogen and oxygen atoms in total. The van der Waals surface area contributed by atoms with Crippen molar-refractivity contribution in [3.63, 3.8) is 0 Å². The van der Waals surface area contributed by atoms with E-state index in [4.69, 9.17) is 0 Å². The number of hydrogen-bond acceptors (Lipinski definition) is 7. The number of nitrogens with zero attached hydrogens (tertiary/aromatic N) is 3. The Morgan fingerprint density at radius 3 is 2.81 bits per heavy atom. The largest absolute Gasteiger partial charge is 0.333 e. The standard InChI is InChI=1S/C17H21N3O3S3/c1-12-8-16(19-13(2)18-12)25-10-17(21)20(9-15-4-3-6-24-15)14-5-7-26(22,23)11-14/h3-4,6,8,14H,5,7,9-11H2,1-2H3. The fraction of sp³-hybridized carbons (Fsp3) is 0.471. The third kappa shape index (κ3) is 5.05. The molecular weight excluding hydrogens is 390 g/mol. The smallest absolute Gasteiger partial charge is 0.233 e. The van der Waals surface area contributed by atoms with Crippen molar-refractivity contribution >= 4 is 38.8 Å². The van der Waals surface area contributed by atoms with Gasteiger partial charge in [0, 0.05) is 16.6 Å². The van der Waals surface area contributed by atoms with E-state index in [1.165, 1.54) is 11.8 Å². The summed E-state index contributed by atoms with van der Waals surface area (Å²) in [6.07, 6.45) is 0.510. The number of sulfone groups is 1. The van der Waals surface area contributed by atoms with Crippen LogP contribution >= 0.6 is 23.1 Å². The van der Waals surface area contributed by atoms with Crippen LogP contribution in [0.4, 0.5) is 0 Å². The summed E-state index contributed by atoms with van der Waals surface area (Å²) in [5.41, 5.74) is 0.866. The van der Waals surface area contributed by atoms with Crippen molar-refractivity contribution in [1.29, 1.82) is 0 Å². The second kappa shape index (κ2) is 8.06. The van der Waals surface area contributed by atoms with Gasteiger partial charge in [-0.15, -0.1) is 11.3 Å². The van der Waals surface area contributed by atoms with Gasteiger partial charge < -0.3 is 4.90 Å². The van der Waals surface area contributed by atoms with E-state index in [9.17, 15) is 13.2 Å². The number of thioether (sulfide) groups is 1. The van der Waals surface area contributed by atoms with Crippen LogP contribution in [0.15, 0.2) is 28.6 Å². The molecule has 1 saturated heterocycles. The Kier molecular flexibility index (Phi) is 5.99. The maximum Gasteiger partial charge on any atom is 0.233 e. The molecule has 140 valence electrons. The van der Waals surface area contributed by atoms with Crippen LogP contribution < -0.4 is 0 Å². The minimum absolute atomic E-state index is 0.0561. The minimum Gasteiger partial charge on any atom is -0.333 e. The van der Waals surface area contributed by atoms with Crippen molar-refractivity contribution in [2.24, 2.45) is 0 Å². The first kappa shape index (κ1) is 19.3. The van der Waals surface area contributed by atoms with Gasteiger partial charge >= 0.3 is 0 Å². The Labute approximate surface area is 162 Å². The lowest BCUT2D eigenvalue weighted by molar-refractivity contribution is -0.130. The predicted octanol–water partition coefficient (Wildman–Crippen LogP) is 2.46. The van der Waals surface area contributed by atoms with Crippen LogP contribution in [0.5, 0.6) is 0 Å². The fourth-order valence-corrected chi connectivity index (χ4v) is 6.31. The van der Waals surface area contributed by atoms with E-state index >= 15 is 0 Å². The number of carbonyl (C=O) groups is 1. The van der Waals surface area contributed by atoms with Crippen molar-refractivity contribution in [3.8, 4) is 0 Å². The summed E-state index contributed by atoms with van der Waals surface area (Å²) in [4.78, 5) is 24.3. The SMILES string of the molecule is Cc1cc(SCC(=O)N(Cc2cccs2)C2CCS(=O)(=O)C2)nc(C)n1. The van der Waals surface area contributed by atoms with Gasteiger partial charge in [0.15, 0.2) is 9.84 Å². The van der Waals surface area contributed by atoms with Gasteiger partial charge in [0.2, 0.25) is 5.91 Å². The highest BCUT2D eigenvalue weighted by Crippen LogP contribution is 2.24. The quantitative estimate of drug-likeness (QED) is 0.537. The first-order valence-corrected chi connectivity index (χ1v) is 12.0. The molecule has 0 aromatic carbocycles. The molecule has 3 rings (SSSR count). The van der Waals surface area contributed by atoms with Gasteiger partial charge in [0.05, 0.1) is 23.8 Å². The minimum atomic E-state index is -3.05.